The molecular formula is C22H24F5N3O3. The summed E-state index contributed by atoms with van der Waals surface area (Å²) >= 11 is 0. The van der Waals surface area contributed by atoms with E-state index >= 15 is 0 Å². The fourth-order valence-electron chi connectivity index (χ4n) is 4.66. The number of hydrogen-bond donors (Lipinski definition) is 1. The number of amides is 1. The number of rotatable bonds is 5. The third-order valence-corrected chi connectivity index (χ3v) is 6.84. The van der Waals surface area contributed by atoms with E-state index < -0.39 is 53.0 Å². The van der Waals surface area contributed by atoms with Gasteiger partial charge in [0.2, 0.25) is 11.7 Å². The number of hydrogen-bond acceptors (Lipinski definition) is 4. The van der Waals surface area contributed by atoms with Crippen molar-refractivity contribution in [1.29, 1.82) is 0 Å². The van der Waals surface area contributed by atoms with Gasteiger partial charge in [0.25, 0.3) is 0 Å². The van der Waals surface area contributed by atoms with Crippen LogP contribution in [0.1, 0.15) is 43.2 Å². The molecule has 2 heterocycles. The van der Waals surface area contributed by atoms with Gasteiger partial charge in [0.1, 0.15) is 6.10 Å². The molecule has 0 bridgehead atoms. The average molecular weight is 473 g/mol. The van der Waals surface area contributed by atoms with Crippen molar-refractivity contribution in [3.8, 4) is 5.75 Å². The number of methoxy groups -OCH3 is 1. The second kappa shape index (κ2) is 7.96. The highest BCUT2D eigenvalue weighted by Crippen LogP contribution is 2.55. The number of halogens is 5. The lowest BCUT2D eigenvalue weighted by Gasteiger charge is -2.32. The van der Waals surface area contributed by atoms with E-state index in [-0.39, 0.29) is 17.5 Å². The van der Waals surface area contributed by atoms with Gasteiger partial charge < -0.3 is 14.8 Å². The van der Waals surface area contributed by atoms with E-state index in [2.05, 4.69) is 10.4 Å². The van der Waals surface area contributed by atoms with Gasteiger partial charge in [0.05, 0.1) is 13.3 Å². The van der Waals surface area contributed by atoms with E-state index in [0.29, 0.717) is 6.42 Å². The zero-order valence-electron chi connectivity index (χ0n) is 18.4. The zero-order valence-corrected chi connectivity index (χ0v) is 18.4. The van der Waals surface area contributed by atoms with Crippen LogP contribution >= 0.6 is 0 Å². The van der Waals surface area contributed by atoms with Crippen LogP contribution in [0.15, 0.2) is 24.5 Å². The van der Waals surface area contributed by atoms with E-state index in [1.807, 2.05) is 0 Å². The summed E-state index contributed by atoms with van der Waals surface area (Å²) in [5, 5.41) is 6.83. The number of benzene rings is 1. The zero-order chi connectivity index (χ0) is 24.3. The standard InChI is InChI=1S/C22H24F5N3O3/c1-10-16(12-5-6-14(23)17(24)18(12)32-4)19(33-21(10,2)22(25,26)27)20(31)29-15-7-13(15)11-8-28-30(3)9-11/h5-6,8-10,13,15-16,19H,7H2,1-4H3,(H,29,31)/t10-,13+,15-,16-,19+,21+/m0/s1. The molecule has 2 fully saturated rings. The van der Waals surface area contributed by atoms with Crippen molar-refractivity contribution in [2.45, 2.75) is 56.0 Å². The molecule has 4 rings (SSSR count). The first-order valence-electron chi connectivity index (χ1n) is 10.4. The Bertz CT molecular complexity index is 1070. The number of alkyl halides is 3. The van der Waals surface area contributed by atoms with Gasteiger partial charge in [0, 0.05) is 42.6 Å². The van der Waals surface area contributed by atoms with Crippen molar-refractivity contribution in [3.05, 3.63) is 47.3 Å². The SMILES string of the molecule is COc1c([C@H]2[C@H](C(=O)N[C@H]3C[C@@H]3c3cnn(C)c3)O[C@@](C)(C(F)(F)F)[C@H]2C)ccc(F)c1F. The highest BCUT2D eigenvalue weighted by Gasteiger charge is 2.66. The van der Waals surface area contributed by atoms with Gasteiger partial charge >= 0.3 is 6.18 Å². The van der Waals surface area contributed by atoms with Crippen LogP contribution in [-0.2, 0) is 16.6 Å². The van der Waals surface area contributed by atoms with Crippen LogP contribution in [-0.4, -0.2) is 46.7 Å². The maximum Gasteiger partial charge on any atom is 0.417 e. The summed E-state index contributed by atoms with van der Waals surface area (Å²) in [4.78, 5) is 13.1. The third-order valence-electron chi connectivity index (χ3n) is 6.84. The molecule has 1 aliphatic carbocycles. The highest BCUT2D eigenvalue weighted by molar-refractivity contribution is 5.83. The quantitative estimate of drug-likeness (QED) is 0.671. The van der Waals surface area contributed by atoms with Crippen LogP contribution in [0.4, 0.5) is 22.0 Å². The van der Waals surface area contributed by atoms with Crippen molar-refractivity contribution in [3.63, 3.8) is 0 Å². The second-order valence-corrected chi connectivity index (χ2v) is 8.85. The minimum absolute atomic E-state index is 0.00766. The summed E-state index contributed by atoms with van der Waals surface area (Å²) in [7, 11) is 2.84. The summed E-state index contributed by atoms with van der Waals surface area (Å²) < 4.78 is 82.0. The first kappa shape index (κ1) is 23.5. The Morgan fingerprint density at radius 1 is 1.33 bits per heavy atom. The van der Waals surface area contributed by atoms with Crippen molar-refractivity contribution in [2.75, 3.05) is 7.11 Å². The first-order chi connectivity index (χ1) is 15.4. The molecule has 1 amide bonds. The second-order valence-electron chi connectivity index (χ2n) is 8.85. The Morgan fingerprint density at radius 2 is 2.03 bits per heavy atom. The van der Waals surface area contributed by atoms with Gasteiger partial charge in [0.15, 0.2) is 17.2 Å². The fourth-order valence-corrected chi connectivity index (χ4v) is 4.66. The molecule has 2 aromatic rings. The molecule has 2 aliphatic rings. The lowest BCUT2D eigenvalue weighted by molar-refractivity contribution is -0.272. The van der Waals surface area contributed by atoms with Crippen LogP contribution in [0.2, 0.25) is 0 Å². The molecule has 1 aliphatic heterocycles. The molecule has 180 valence electrons. The Kier molecular flexibility index (Phi) is 5.66. The van der Waals surface area contributed by atoms with Crippen molar-refractivity contribution < 1.29 is 36.2 Å². The fraction of sp³-hybridized carbons (Fsp3) is 0.545. The molecule has 1 aromatic carbocycles. The van der Waals surface area contributed by atoms with Crippen LogP contribution in [0.25, 0.3) is 0 Å². The van der Waals surface area contributed by atoms with E-state index in [4.69, 9.17) is 9.47 Å². The van der Waals surface area contributed by atoms with E-state index in [1.165, 1.54) is 6.92 Å². The van der Waals surface area contributed by atoms with E-state index in [1.54, 1.807) is 24.1 Å². The minimum Gasteiger partial charge on any atom is -0.493 e. The van der Waals surface area contributed by atoms with Crippen molar-refractivity contribution in [1.82, 2.24) is 15.1 Å². The predicted octanol–water partition coefficient (Wildman–Crippen LogP) is 3.82. The smallest absolute Gasteiger partial charge is 0.417 e. The lowest BCUT2D eigenvalue weighted by Crippen LogP contribution is -2.47. The maximum absolute atomic E-state index is 14.4. The van der Waals surface area contributed by atoms with Crippen molar-refractivity contribution in [2.24, 2.45) is 13.0 Å². The summed E-state index contributed by atoms with van der Waals surface area (Å²) in [6, 6.07) is 1.66. The summed E-state index contributed by atoms with van der Waals surface area (Å²) in [5.74, 6) is -6.36. The van der Waals surface area contributed by atoms with Gasteiger partial charge in [-0.25, -0.2) is 4.39 Å². The van der Waals surface area contributed by atoms with Gasteiger partial charge in [-0.05, 0) is 25.0 Å². The monoisotopic (exact) mass is 473 g/mol. The van der Waals surface area contributed by atoms with Gasteiger partial charge in [-0.3, -0.25) is 9.48 Å². The highest BCUT2D eigenvalue weighted by atomic mass is 19.4. The van der Waals surface area contributed by atoms with Crippen LogP contribution in [0.3, 0.4) is 0 Å². The molecule has 0 unspecified atom stereocenters. The molecule has 6 atom stereocenters. The molecule has 33 heavy (non-hydrogen) atoms. The Morgan fingerprint density at radius 3 is 2.61 bits per heavy atom. The number of aromatic nitrogens is 2. The summed E-state index contributed by atoms with van der Waals surface area (Å²) in [6.45, 7) is 2.14. The molecule has 1 N–H and O–H groups in total. The van der Waals surface area contributed by atoms with Crippen molar-refractivity contribution >= 4 is 5.91 Å². The number of nitrogens with one attached hydrogen (secondary N) is 1. The Balaban J connectivity index is 1.66. The Hall–Kier alpha value is -2.69. The summed E-state index contributed by atoms with van der Waals surface area (Å²) in [6.07, 6.45) is -2.31. The van der Waals surface area contributed by atoms with Gasteiger partial charge in [-0.2, -0.15) is 22.7 Å². The number of ether oxygens (including phenoxy) is 2. The normalized spacial score (nSPS) is 31.5. The van der Waals surface area contributed by atoms with Gasteiger partial charge in [-0.1, -0.05) is 13.0 Å². The molecule has 6 nitrogen and oxygen atoms in total. The molecule has 0 radical (unpaired) electrons. The molecule has 1 saturated carbocycles. The molecule has 11 heteroatoms. The third kappa shape index (κ3) is 3.85. The topological polar surface area (TPSA) is 65.4 Å². The van der Waals surface area contributed by atoms with E-state index in [9.17, 15) is 26.7 Å². The lowest BCUT2D eigenvalue weighted by atomic mass is 9.77. The van der Waals surface area contributed by atoms with Crippen LogP contribution < -0.4 is 10.1 Å². The number of nitrogens with zero attached hydrogens (tertiary/aromatic N) is 2. The van der Waals surface area contributed by atoms with E-state index in [0.717, 1.165) is 31.7 Å². The largest absolute Gasteiger partial charge is 0.493 e. The molecule has 1 aromatic heterocycles. The van der Waals surface area contributed by atoms with Crippen LogP contribution in [0, 0.1) is 17.6 Å². The minimum atomic E-state index is -4.80. The van der Waals surface area contributed by atoms with Gasteiger partial charge in [-0.15, -0.1) is 0 Å². The average Bonchev–Trinajstić information content (AvgIpc) is 3.26. The Labute approximate surface area is 187 Å². The number of carbonyl (C=O) groups excluding carboxylic acids is 1. The molecule has 0 spiro atoms. The maximum atomic E-state index is 14.4. The predicted molar refractivity (Wildman–Crippen MR) is 107 cm³/mol. The molecular weight excluding hydrogens is 449 g/mol. The van der Waals surface area contributed by atoms with Crippen LogP contribution in [0.5, 0.6) is 5.75 Å². The number of aryl methyl sites for hydroxylation is 1. The molecule has 1 saturated heterocycles. The summed E-state index contributed by atoms with van der Waals surface area (Å²) in [5.41, 5.74) is -1.83. The number of carbonyl (C=O) groups is 1. The first-order valence-corrected chi connectivity index (χ1v) is 10.4.